The maximum absolute atomic E-state index is 10.8. The van der Waals surface area contributed by atoms with Gasteiger partial charge in [0, 0.05) is 0 Å². The summed E-state index contributed by atoms with van der Waals surface area (Å²) < 4.78 is 31.6. The van der Waals surface area contributed by atoms with Gasteiger partial charge in [0.2, 0.25) is 0 Å². The van der Waals surface area contributed by atoms with E-state index in [1.807, 2.05) is 0 Å². The van der Waals surface area contributed by atoms with Crippen molar-refractivity contribution in [1.82, 2.24) is 0 Å². The van der Waals surface area contributed by atoms with Crippen LogP contribution in [0.15, 0.2) is 0 Å². The minimum absolute atomic E-state index is 0. The van der Waals surface area contributed by atoms with Crippen molar-refractivity contribution >= 4 is 154 Å². The molecule has 0 aromatic rings. The Hall–Kier alpha value is 2.35. The third-order valence-corrected chi connectivity index (χ3v) is 1.87. The van der Waals surface area contributed by atoms with Crippen LogP contribution in [0, 0.1) is 0 Å². The maximum Gasteiger partial charge on any atom is 2.00 e. The number of hydrogen-bond acceptors (Lipinski definition) is 7. The van der Waals surface area contributed by atoms with E-state index in [9.17, 15) is 27.9 Å². The van der Waals surface area contributed by atoms with E-state index in [0.29, 0.717) is 0 Å². The molecule has 0 aliphatic heterocycles. The van der Waals surface area contributed by atoms with Crippen molar-refractivity contribution < 1.29 is 55.4 Å². The first-order chi connectivity index (χ1) is 7.46. The summed E-state index contributed by atoms with van der Waals surface area (Å²) in [6, 6.07) is 0. The van der Waals surface area contributed by atoms with Gasteiger partial charge in [-0.05, 0) is 0 Å². The van der Waals surface area contributed by atoms with Gasteiger partial charge in [-0.25, -0.2) is 4.79 Å². The molecule has 0 aromatic heterocycles. The van der Waals surface area contributed by atoms with E-state index >= 15 is 0 Å². The molecular formula is C6H15Ca3ClO10S. The number of aliphatic hydroxyl groups is 1. The summed E-state index contributed by atoms with van der Waals surface area (Å²) in [6.07, 6.45) is -2.79. The molecule has 21 heavy (non-hydrogen) atoms. The van der Waals surface area contributed by atoms with Crippen LogP contribution in [-0.2, 0) is 29.0 Å². The molecule has 118 valence electrons. The van der Waals surface area contributed by atoms with Crippen LogP contribution in [-0.4, -0.2) is 165 Å². The Balaban J connectivity index is -0.0000000284. The third kappa shape index (κ3) is 17.0. The summed E-state index contributed by atoms with van der Waals surface area (Å²) in [7, 11) is -5.15. The summed E-state index contributed by atoms with van der Waals surface area (Å²) >= 11 is 0. The van der Waals surface area contributed by atoms with Crippen molar-refractivity contribution in [3.63, 3.8) is 0 Å². The summed E-state index contributed by atoms with van der Waals surface area (Å²) in [5.74, 6) is -5.58. The van der Waals surface area contributed by atoms with Gasteiger partial charge in [0.25, 0.3) is 0 Å². The summed E-state index contributed by atoms with van der Waals surface area (Å²) in [6.45, 7) is 0. The predicted molar refractivity (Wildman–Crippen MR) is 78.3 cm³/mol. The standard InChI is InChI=1S/C6H8O10S.3Ca.ClH.6H/c7-3(8)1-6(12,5(10)11)2-4(9)16-17(13,14)15;;;;;;;;;;/h12H,1-2H2,(H,7,8)(H,10,11)(H,13,14,15);;;;1H;;;;;;/q;3*+2;;6*-1. The number of rotatable bonds is 6. The molecule has 0 aliphatic carbocycles. The first-order valence-electron chi connectivity index (χ1n) is 3.83. The molecule has 0 aromatic carbocycles. The number of halogens is 1. The van der Waals surface area contributed by atoms with Gasteiger partial charge < -0.3 is 28.1 Å². The largest absolute Gasteiger partial charge is 2.00 e. The van der Waals surface area contributed by atoms with E-state index in [0.717, 1.165) is 0 Å². The van der Waals surface area contributed by atoms with Crippen molar-refractivity contribution in [2.24, 2.45) is 0 Å². The Morgan fingerprint density at radius 2 is 1.43 bits per heavy atom. The summed E-state index contributed by atoms with van der Waals surface area (Å²) in [4.78, 5) is 31.6. The zero-order chi connectivity index (χ0) is 13.9. The van der Waals surface area contributed by atoms with Gasteiger partial charge in [-0.1, -0.05) is 0 Å². The topological polar surface area (TPSA) is 175 Å². The molecule has 4 N–H and O–H groups in total. The zero-order valence-electron chi connectivity index (χ0n) is 16.6. The van der Waals surface area contributed by atoms with Crippen molar-refractivity contribution in [2.45, 2.75) is 18.4 Å². The van der Waals surface area contributed by atoms with E-state index in [4.69, 9.17) is 14.8 Å². The first kappa shape index (κ1) is 34.6. The number of carbonyl (C=O) groups excluding carboxylic acids is 1. The number of hydrogen-bond donors (Lipinski definition) is 4. The third-order valence-electron chi connectivity index (χ3n) is 1.48. The average Bonchev–Trinajstić information content (AvgIpc) is 1.96. The minimum atomic E-state index is -5.15. The molecule has 1 atom stereocenters. The molecule has 0 spiro atoms. The van der Waals surface area contributed by atoms with Crippen molar-refractivity contribution in [3.8, 4) is 0 Å². The van der Waals surface area contributed by atoms with E-state index in [1.165, 1.54) is 0 Å². The van der Waals surface area contributed by atoms with Crippen molar-refractivity contribution in [1.29, 1.82) is 0 Å². The molecule has 1 unspecified atom stereocenters. The minimum Gasteiger partial charge on any atom is -1.00 e. The van der Waals surface area contributed by atoms with Crippen molar-refractivity contribution in [2.75, 3.05) is 0 Å². The fraction of sp³-hybridized carbons (Fsp3) is 0.500. The summed E-state index contributed by atoms with van der Waals surface area (Å²) in [5.41, 5.74) is -3.02. The van der Waals surface area contributed by atoms with E-state index < -0.39 is 46.7 Å². The molecule has 15 heteroatoms. The zero-order valence-corrected chi connectivity index (χ0v) is 18.8. The number of carboxylic acids is 2. The van der Waals surface area contributed by atoms with Gasteiger partial charge in [0.1, 0.15) is 0 Å². The second-order valence-electron chi connectivity index (χ2n) is 2.97. The molecule has 0 saturated carbocycles. The van der Waals surface area contributed by atoms with Crippen LogP contribution >= 0.6 is 12.4 Å². The number of carboxylic acid groups (broad SMARTS) is 2. The fourth-order valence-electron chi connectivity index (χ4n) is 0.850. The monoisotopic (exact) mass is 434 g/mol. The normalized spacial score (nSPS) is 11.9. The van der Waals surface area contributed by atoms with Crippen LogP contribution in [0.25, 0.3) is 0 Å². The van der Waals surface area contributed by atoms with Gasteiger partial charge in [0.05, 0.1) is 12.8 Å². The van der Waals surface area contributed by atoms with Gasteiger partial charge in [-0.15, -0.1) is 12.4 Å². The molecule has 0 radical (unpaired) electrons. The van der Waals surface area contributed by atoms with Crippen LogP contribution in [0.5, 0.6) is 0 Å². The van der Waals surface area contributed by atoms with Gasteiger partial charge in [0.15, 0.2) is 5.60 Å². The smallest absolute Gasteiger partial charge is 1.00 e. The molecule has 0 bridgehead atoms. The molecule has 0 amide bonds. The number of aliphatic carboxylic acids is 2. The van der Waals surface area contributed by atoms with E-state index in [2.05, 4.69) is 4.18 Å². The fourth-order valence-corrected chi connectivity index (χ4v) is 1.14. The van der Waals surface area contributed by atoms with Crippen LogP contribution in [0.4, 0.5) is 0 Å². The molecular weight excluding hydrogens is 420 g/mol. The Morgan fingerprint density at radius 3 is 1.67 bits per heavy atom. The van der Waals surface area contributed by atoms with Crippen LogP contribution in [0.2, 0.25) is 0 Å². The predicted octanol–water partition coefficient (Wildman–Crippen LogP) is -2.03. The Labute approximate surface area is 224 Å². The molecule has 0 heterocycles. The van der Waals surface area contributed by atoms with Gasteiger partial charge >= 0.3 is 142 Å². The van der Waals surface area contributed by atoms with Crippen LogP contribution < -0.4 is 0 Å². The van der Waals surface area contributed by atoms with Crippen LogP contribution in [0.3, 0.4) is 0 Å². The molecule has 0 fully saturated rings. The van der Waals surface area contributed by atoms with Gasteiger partial charge in [-0.2, -0.15) is 8.42 Å². The van der Waals surface area contributed by atoms with E-state index in [-0.39, 0.29) is 134 Å². The summed E-state index contributed by atoms with van der Waals surface area (Å²) in [5, 5.41) is 26.1. The second kappa shape index (κ2) is 14.7. The molecule has 0 rings (SSSR count). The maximum atomic E-state index is 10.8. The molecule has 10 nitrogen and oxygen atoms in total. The SMILES string of the molecule is Cl.O=C(O)CC(O)(CC(=O)OS(=O)(=O)O)C(=O)O.[Ca+2].[Ca+2].[Ca+2].[H-].[H-].[H-].[H-].[H-].[H-]. The number of carbonyl (C=O) groups is 3. The Morgan fingerprint density at radius 1 is 1.05 bits per heavy atom. The quantitative estimate of drug-likeness (QED) is 0.269. The first-order valence-corrected chi connectivity index (χ1v) is 5.20. The van der Waals surface area contributed by atoms with Gasteiger partial charge in [-0.3, -0.25) is 14.1 Å². The Kier molecular flexibility index (Phi) is 24.2. The van der Waals surface area contributed by atoms with Crippen LogP contribution in [0.1, 0.15) is 21.4 Å². The second-order valence-corrected chi connectivity index (χ2v) is 3.99. The van der Waals surface area contributed by atoms with Crippen molar-refractivity contribution in [3.05, 3.63) is 0 Å². The Bertz CT molecular complexity index is 474. The molecule has 0 aliphatic rings. The van der Waals surface area contributed by atoms with E-state index in [1.54, 1.807) is 0 Å². The molecule has 0 saturated heterocycles. The average molecular weight is 435 g/mol.